The topological polar surface area (TPSA) is 77.5 Å². The number of hydrogen-bond donors (Lipinski definition) is 0. The van der Waals surface area contributed by atoms with Gasteiger partial charge in [0.15, 0.2) is 4.80 Å². The molecule has 0 aliphatic carbocycles. The molecule has 2 aromatic carbocycles. The maximum absolute atomic E-state index is 14.3. The first-order valence-corrected chi connectivity index (χ1v) is 9.77. The van der Waals surface area contributed by atoms with Gasteiger partial charge in [0.2, 0.25) is 0 Å². The van der Waals surface area contributed by atoms with Gasteiger partial charge in [-0.05, 0) is 24.3 Å². The molecular formula is C19H12FN3O3S2. The van der Waals surface area contributed by atoms with Crippen LogP contribution in [0.3, 0.4) is 0 Å². The van der Waals surface area contributed by atoms with E-state index < -0.39 is 16.6 Å². The van der Waals surface area contributed by atoms with Crippen molar-refractivity contribution >= 4 is 54.6 Å². The molecule has 0 aliphatic rings. The van der Waals surface area contributed by atoms with Gasteiger partial charge in [-0.15, -0.1) is 17.9 Å². The number of nitro benzene ring substituents is 1. The van der Waals surface area contributed by atoms with E-state index in [1.807, 2.05) is 0 Å². The Balaban J connectivity index is 1.83. The number of thiophene rings is 1. The second kappa shape index (κ2) is 7.10. The zero-order valence-electron chi connectivity index (χ0n) is 14.3. The summed E-state index contributed by atoms with van der Waals surface area (Å²) in [6.07, 6.45) is 1.61. The van der Waals surface area contributed by atoms with E-state index in [4.69, 9.17) is 0 Å². The van der Waals surface area contributed by atoms with Gasteiger partial charge in [0.1, 0.15) is 5.82 Å². The van der Waals surface area contributed by atoms with Gasteiger partial charge >= 0.3 is 0 Å². The smallest absolute Gasteiger partial charge is 0.289 e. The first kappa shape index (κ1) is 18.2. The summed E-state index contributed by atoms with van der Waals surface area (Å²) in [7, 11) is 0. The number of nitrogens with zero attached hydrogens (tertiary/aromatic N) is 3. The van der Waals surface area contributed by atoms with Crippen LogP contribution in [0.5, 0.6) is 0 Å². The van der Waals surface area contributed by atoms with Gasteiger partial charge in [-0.2, -0.15) is 4.99 Å². The highest BCUT2D eigenvalue weighted by Gasteiger charge is 2.15. The fraction of sp³-hybridized carbons (Fsp3) is 0.0526. The zero-order valence-corrected chi connectivity index (χ0v) is 15.9. The largest absolute Gasteiger partial charge is 0.310 e. The van der Waals surface area contributed by atoms with Crippen LogP contribution in [0.15, 0.2) is 60.1 Å². The molecule has 2 heterocycles. The molecule has 0 saturated heterocycles. The molecule has 6 nitrogen and oxygen atoms in total. The summed E-state index contributed by atoms with van der Waals surface area (Å²) in [5.74, 6) is -0.868. The number of aromatic nitrogens is 1. The Hall–Kier alpha value is -3.17. The van der Waals surface area contributed by atoms with Crippen LogP contribution in [-0.2, 0) is 6.54 Å². The summed E-state index contributed by atoms with van der Waals surface area (Å²) in [5, 5.41) is 11.5. The molecule has 0 atom stereocenters. The minimum Gasteiger partial charge on any atom is -0.310 e. The van der Waals surface area contributed by atoms with Crippen molar-refractivity contribution < 1.29 is 14.1 Å². The van der Waals surface area contributed by atoms with Crippen LogP contribution in [-0.4, -0.2) is 15.4 Å². The van der Waals surface area contributed by atoms with Crippen molar-refractivity contribution in [2.75, 3.05) is 0 Å². The molecule has 28 heavy (non-hydrogen) atoms. The van der Waals surface area contributed by atoms with Gasteiger partial charge in [0.05, 0.1) is 20.0 Å². The molecular weight excluding hydrogens is 401 g/mol. The Morgan fingerprint density at radius 3 is 2.82 bits per heavy atom. The number of halogens is 1. The number of thiazole rings is 1. The van der Waals surface area contributed by atoms with E-state index >= 15 is 0 Å². The molecule has 0 fully saturated rings. The van der Waals surface area contributed by atoms with Gasteiger partial charge in [-0.25, -0.2) is 4.39 Å². The summed E-state index contributed by atoms with van der Waals surface area (Å²) in [5.41, 5.74) is 0.343. The first-order valence-electron chi connectivity index (χ1n) is 8.13. The van der Waals surface area contributed by atoms with E-state index in [1.54, 1.807) is 34.9 Å². The van der Waals surface area contributed by atoms with E-state index in [0.29, 0.717) is 31.8 Å². The van der Waals surface area contributed by atoms with Gasteiger partial charge in [0, 0.05) is 28.8 Å². The lowest BCUT2D eigenvalue weighted by molar-refractivity contribution is -0.384. The third kappa shape index (κ3) is 3.14. The van der Waals surface area contributed by atoms with Gasteiger partial charge in [-0.3, -0.25) is 14.9 Å². The van der Waals surface area contributed by atoms with Crippen LogP contribution in [0.2, 0.25) is 0 Å². The lowest BCUT2D eigenvalue weighted by atomic mass is 10.2. The predicted molar refractivity (Wildman–Crippen MR) is 108 cm³/mol. The fourth-order valence-electron chi connectivity index (χ4n) is 2.86. The second-order valence-corrected chi connectivity index (χ2v) is 7.97. The average molecular weight is 413 g/mol. The number of hydrogen-bond acceptors (Lipinski definition) is 5. The standard InChI is InChI=1S/C19H12FN3O3S2/c1-2-8-22-17-13(20)4-3-5-15(17)28-19(22)21-18(24)16-10-11-9-12(23(25)26)6-7-14(11)27-16/h2-7,9-10H,1,8H2. The highest BCUT2D eigenvalue weighted by atomic mass is 32.1. The normalized spacial score (nSPS) is 12.0. The summed E-state index contributed by atoms with van der Waals surface area (Å²) >= 11 is 2.43. The van der Waals surface area contributed by atoms with Crippen molar-refractivity contribution in [3.63, 3.8) is 0 Å². The van der Waals surface area contributed by atoms with Crippen LogP contribution in [0.25, 0.3) is 20.3 Å². The van der Waals surface area contributed by atoms with Crippen LogP contribution in [0.4, 0.5) is 10.1 Å². The summed E-state index contributed by atoms with van der Waals surface area (Å²) in [6.45, 7) is 3.99. The third-order valence-electron chi connectivity index (χ3n) is 4.08. The molecule has 9 heteroatoms. The number of nitro groups is 1. The van der Waals surface area contributed by atoms with Crippen LogP contribution >= 0.6 is 22.7 Å². The van der Waals surface area contributed by atoms with Crippen molar-refractivity contribution in [2.24, 2.45) is 4.99 Å². The van der Waals surface area contributed by atoms with Crippen LogP contribution in [0.1, 0.15) is 9.67 Å². The Morgan fingerprint density at radius 2 is 2.07 bits per heavy atom. The third-order valence-corrected chi connectivity index (χ3v) is 6.23. The number of amides is 1. The first-order chi connectivity index (χ1) is 13.5. The summed E-state index contributed by atoms with van der Waals surface area (Å²) in [6, 6.07) is 10.8. The number of allylic oxidation sites excluding steroid dienone is 1. The van der Waals surface area contributed by atoms with Gasteiger partial charge < -0.3 is 4.57 Å². The monoisotopic (exact) mass is 413 g/mol. The van der Waals surface area contributed by atoms with Crippen molar-refractivity contribution in [1.82, 2.24) is 4.57 Å². The highest BCUT2D eigenvalue weighted by molar-refractivity contribution is 7.21. The average Bonchev–Trinajstić information content (AvgIpc) is 3.24. The second-order valence-electron chi connectivity index (χ2n) is 5.88. The number of non-ortho nitro benzene ring substituents is 1. The molecule has 2 aromatic heterocycles. The van der Waals surface area contributed by atoms with E-state index in [0.717, 1.165) is 4.70 Å². The number of carbonyl (C=O) groups excluding carboxylic acids is 1. The van der Waals surface area contributed by atoms with Crippen molar-refractivity contribution in [2.45, 2.75) is 6.54 Å². The Kier molecular flexibility index (Phi) is 4.62. The molecule has 4 rings (SSSR count). The molecule has 140 valence electrons. The summed E-state index contributed by atoms with van der Waals surface area (Å²) in [4.78, 5) is 28.1. The number of carbonyl (C=O) groups is 1. The fourth-order valence-corrected chi connectivity index (χ4v) is 4.84. The molecule has 1 amide bonds. The number of para-hydroxylation sites is 1. The molecule has 0 aliphatic heterocycles. The van der Waals surface area contributed by atoms with E-state index in [2.05, 4.69) is 11.6 Å². The molecule has 0 saturated carbocycles. The SMILES string of the molecule is C=CCn1c(=NC(=O)c2cc3cc([N+](=O)[O-])ccc3s2)sc2cccc(F)c21. The molecule has 0 radical (unpaired) electrons. The maximum atomic E-state index is 14.3. The van der Waals surface area contributed by atoms with Crippen LogP contribution in [0, 0.1) is 15.9 Å². The van der Waals surface area contributed by atoms with E-state index in [-0.39, 0.29) is 5.69 Å². The lowest BCUT2D eigenvalue weighted by Gasteiger charge is -2.01. The number of fused-ring (bicyclic) bond motifs is 2. The quantitative estimate of drug-likeness (QED) is 0.271. The maximum Gasteiger partial charge on any atom is 0.289 e. The molecule has 0 unspecified atom stereocenters. The minimum absolute atomic E-state index is 0.0370. The molecule has 0 spiro atoms. The van der Waals surface area contributed by atoms with Crippen molar-refractivity contribution in [3.8, 4) is 0 Å². The molecule has 4 aromatic rings. The van der Waals surface area contributed by atoms with Gasteiger partial charge in [-0.1, -0.05) is 23.5 Å². The molecule has 0 bridgehead atoms. The lowest BCUT2D eigenvalue weighted by Crippen LogP contribution is -2.16. The van der Waals surface area contributed by atoms with Gasteiger partial charge in [0.25, 0.3) is 11.6 Å². The zero-order chi connectivity index (χ0) is 19.8. The number of benzene rings is 2. The highest BCUT2D eigenvalue weighted by Crippen LogP contribution is 2.29. The Bertz CT molecular complexity index is 1330. The van der Waals surface area contributed by atoms with Crippen molar-refractivity contribution in [1.29, 1.82) is 0 Å². The Labute approximate surface area is 165 Å². The summed E-state index contributed by atoms with van der Waals surface area (Å²) < 4.78 is 17.3. The molecule has 0 N–H and O–H groups in total. The van der Waals surface area contributed by atoms with E-state index in [9.17, 15) is 19.3 Å². The Morgan fingerprint density at radius 1 is 1.25 bits per heavy atom. The minimum atomic E-state index is -0.479. The van der Waals surface area contributed by atoms with Crippen molar-refractivity contribution in [3.05, 3.63) is 80.7 Å². The predicted octanol–water partition coefficient (Wildman–Crippen LogP) is 4.89. The number of rotatable bonds is 4. The van der Waals surface area contributed by atoms with Crippen LogP contribution < -0.4 is 4.80 Å². The van der Waals surface area contributed by atoms with E-state index in [1.165, 1.54) is 40.9 Å².